The molecule has 1 fully saturated rings. The van der Waals surface area contributed by atoms with Crippen LogP contribution in [0.5, 0.6) is 0 Å². The van der Waals surface area contributed by atoms with Crippen LogP contribution in [0, 0.1) is 5.82 Å². The third kappa shape index (κ3) is 5.91. The summed E-state index contributed by atoms with van der Waals surface area (Å²) in [5, 5.41) is 3.76. The van der Waals surface area contributed by atoms with Gasteiger partial charge in [0.25, 0.3) is 0 Å². The minimum Gasteiger partial charge on any atom is -0.350 e. The van der Waals surface area contributed by atoms with Crippen molar-refractivity contribution in [2.45, 2.75) is 50.3 Å². The molecule has 1 saturated heterocycles. The molecule has 116 valence electrons. The SMILES string of the molecule is CC(NC(=O)CCCCC1CCSS1)c1ccc(F)cc1. The van der Waals surface area contributed by atoms with Crippen LogP contribution in [0.25, 0.3) is 0 Å². The van der Waals surface area contributed by atoms with Gasteiger partial charge in [-0.1, -0.05) is 40.1 Å². The van der Waals surface area contributed by atoms with Crippen LogP contribution in [0.15, 0.2) is 24.3 Å². The molecule has 0 aliphatic carbocycles. The smallest absolute Gasteiger partial charge is 0.220 e. The van der Waals surface area contributed by atoms with Crippen molar-refractivity contribution in [1.29, 1.82) is 0 Å². The van der Waals surface area contributed by atoms with Crippen LogP contribution in [-0.4, -0.2) is 16.9 Å². The Morgan fingerprint density at radius 1 is 1.38 bits per heavy atom. The number of rotatable bonds is 7. The zero-order chi connectivity index (χ0) is 15.1. The average Bonchev–Trinajstić information content (AvgIpc) is 2.97. The maximum Gasteiger partial charge on any atom is 0.220 e. The van der Waals surface area contributed by atoms with Gasteiger partial charge in [-0.2, -0.15) is 0 Å². The number of halogens is 1. The van der Waals surface area contributed by atoms with Gasteiger partial charge in [0, 0.05) is 17.4 Å². The van der Waals surface area contributed by atoms with E-state index in [0.717, 1.165) is 23.7 Å². The van der Waals surface area contributed by atoms with Crippen molar-refractivity contribution >= 4 is 27.5 Å². The van der Waals surface area contributed by atoms with Crippen LogP contribution < -0.4 is 5.32 Å². The molecular formula is C16H22FNOS2. The Balaban J connectivity index is 1.63. The minimum absolute atomic E-state index is 0.0695. The minimum atomic E-state index is -0.250. The van der Waals surface area contributed by atoms with Crippen LogP contribution in [0.2, 0.25) is 0 Å². The monoisotopic (exact) mass is 327 g/mol. The largest absolute Gasteiger partial charge is 0.350 e. The van der Waals surface area contributed by atoms with E-state index in [1.807, 2.05) is 28.5 Å². The summed E-state index contributed by atoms with van der Waals surface area (Å²) in [7, 11) is 3.96. The summed E-state index contributed by atoms with van der Waals surface area (Å²) < 4.78 is 12.9. The van der Waals surface area contributed by atoms with Gasteiger partial charge in [0.1, 0.15) is 5.82 Å². The second-order valence-corrected chi connectivity index (χ2v) is 8.20. The van der Waals surface area contributed by atoms with Gasteiger partial charge < -0.3 is 5.32 Å². The summed E-state index contributed by atoms with van der Waals surface area (Å²) in [4.78, 5) is 11.9. The second-order valence-electron chi connectivity index (χ2n) is 5.42. The molecule has 1 aromatic rings. The molecule has 0 aromatic heterocycles. The number of hydrogen-bond donors (Lipinski definition) is 1. The Hall–Kier alpha value is -0.680. The molecule has 1 amide bonds. The van der Waals surface area contributed by atoms with E-state index in [9.17, 15) is 9.18 Å². The summed E-state index contributed by atoms with van der Waals surface area (Å²) in [5.74, 6) is 1.10. The van der Waals surface area contributed by atoms with Crippen molar-refractivity contribution < 1.29 is 9.18 Å². The highest BCUT2D eigenvalue weighted by Gasteiger charge is 2.16. The van der Waals surface area contributed by atoms with E-state index in [0.29, 0.717) is 6.42 Å². The molecule has 2 rings (SSSR count). The first-order valence-corrected chi connectivity index (χ1v) is 9.86. The fourth-order valence-electron chi connectivity index (χ4n) is 2.37. The molecule has 0 saturated carbocycles. The number of amides is 1. The molecule has 2 nitrogen and oxygen atoms in total. The Bertz CT molecular complexity index is 446. The summed E-state index contributed by atoms with van der Waals surface area (Å²) in [6.45, 7) is 1.93. The zero-order valence-electron chi connectivity index (χ0n) is 12.3. The molecular weight excluding hydrogens is 305 g/mol. The molecule has 21 heavy (non-hydrogen) atoms. The summed E-state index contributed by atoms with van der Waals surface area (Å²) in [6.07, 6.45) is 5.18. The second kappa shape index (κ2) is 8.69. The van der Waals surface area contributed by atoms with Gasteiger partial charge in [-0.3, -0.25) is 4.79 Å². The van der Waals surface area contributed by atoms with Gasteiger partial charge in [-0.05, 0) is 43.9 Å². The fourth-order valence-corrected chi connectivity index (χ4v) is 5.40. The summed E-state index contributed by atoms with van der Waals surface area (Å²) >= 11 is 0. The third-order valence-electron chi connectivity index (χ3n) is 3.65. The molecule has 1 aliphatic heterocycles. The number of benzene rings is 1. The van der Waals surface area contributed by atoms with Crippen molar-refractivity contribution in [3.63, 3.8) is 0 Å². The van der Waals surface area contributed by atoms with Gasteiger partial charge in [0.2, 0.25) is 5.91 Å². The highest BCUT2D eigenvalue weighted by molar-refractivity contribution is 8.77. The van der Waals surface area contributed by atoms with Crippen molar-refractivity contribution in [3.05, 3.63) is 35.6 Å². The molecule has 0 bridgehead atoms. The Morgan fingerprint density at radius 2 is 2.14 bits per heavy atom. The zero-order valence-corrected chi connectivity index (χ0v) is 13.9. The predicted molar refractivity (Wildman–Crippen MR) is 89.9 cm³/mol. The maximum atomic E-state index is 12.9. The molecule has 1 N–H and O–H groups in total. The molecule has 2 unspecified atom stereocenters. The van der Waals surface area contributed by atoms with Crippen molar-refractivity contribution in [2.24, 2.45) is 0 Å². The Kier molecular flexibility index (Phi) is 6.90. The van der Waals surface area contributed by atoms with E-state index < -0.39 is 0 Å². The lowest BCUT2D eigenvalue weighted by molar-refractivity contribution is -0.121. The topological polar surface area (TPSA) is 29.1 Å². The predicted octanol–water partition coefficient (Wildman–Crippen LogP) is 4.72. The highest BCUT2D eigenvalue weighted by atomic mass is 33.1. The van der Waals surface area contributed by atoms with Gasteiger partial charge >= 0.3 is 0 Å². The first-order valence-electron chi connectivity index (χ1n) is 7.48. The molecule has 1 aromatic carbocycles. The van der Waals surface area contributed by atoms with E-state index in [1.165, 1.54) is 30.7 Å². The quantitative estimate of drug-likeness (QED) is 0.580. The highest BCUT2D eigenvalue weighted by Crippen LogP contribution is 2.39. The van der Waals surface area contributed by atoms with Crippen LogP contribution >= 0.6 is 21.6 Å². The first-order chi connectivity index (χ1) is 10.1. The normalized spacial score (nSPS) is 19.4. The van der Waals surface area contributed by atoms with Gasteiger partial charge in [0.15, 0.2) is 0 Å². The molecule has 0 spiro atoms. The van der Waals surface area contributed by atoms with Crippen LogP contribution in [0.4, 0.5) is 4.39 Å². The van der Waals surface area contributed by atoms with Gasteiger partial charge in [-0.25, -0.2) is 4.39 Å². The number of hydrogen-bond acceptors (Lipinski definition) is 3. The molecule has 2 atom stereocenters. The summed E-state index contributed by atoms with van der Waals surface area (Å²) in [5.41, 5.74) is 0.934. The van der Waals surface area contributed by atoms with Crippen LogP contribution in [0.1, 0.15) is 50.6 Å². The van der Waals surface area contributed by atoms with Gasteiger partial charge in [-0.15, -0.1) is 0 Å². The van der Waals surface area contributed by atoms with Crippen molar-refractivity contribution in [2.75, 3.05) is 5.75 Å². The average molecular weight is 327 g/mol. The van der Waals surface area contributed by atoms with Crippen LogP contribution in [0.3, 0.4) is 0 Å². The van der Waals surface area contributed by atoms with E-state index in [2.05, 4.69) is 5.32 Å². The maximum absolute atomic E-state index is 12.9. The lowest BCUT2D eigenvalue weighted by atomic mass is 10.1. The molecule has 0 radical (unpaired) electrons. The Labute approximate surface area is 134 Å². The van der Waals surface area contributed by atoms with Crippen LogP contribution in [-0.2, 0) is 4.79 Å². The Morgan fingerprint density at radius 3 is 2.81 bits per heavy atom. The number of unbranched alkanes of at least 4 members (excludes halogenated alkanes) is 1. The first kappa shape index (κ1) is 16.7. The fraction of sp³-hybridized carbons (Fsp3) is 0.562. The van der Waals surface area contributed by atoms with E-state index in [1.54, 1.807) is 12.1 Å². The number of nitrogens with one attached hydrogen (secondary N) is 1. The molecule has 1 heterocycles. The third-order valence-corrected chi connectivity index (χ3v) is 6.66. The lowest BCUT2D eigenvalue weighted by Gasteiger charge is -2.14. The molecule has 1 aliphatic rings. The number of carbonyl (C=O) groups is 1. The van der Waals surface area contributed by atoms with E-state index in [-0.39, 0.29) is 17.8 Å². The van der Waals surface area contributed by atoms with Crippen molar-refractivity contribution in [1.82, 2.24) is 5.32 Å². The summed E-state index contributed by atoms with van der Waals surface area (Å²) in [6, 6.07) is 6.22. The standard InChI is InChI=1S/C16H22FNOS2/c1-12(13-6-8-14(17)9-7-13)18-16(19)5-3-2-4-15-10-11-20-21-15/h6-9,12,15H,2-5,10-11H2,1H3,(H,18,19). The van der Waals surface area contributed by atoms with Crippen molar-refractivity contribution in [3.8, 4) is 0 Å². The van der Waals surface area contributed by atoms with Gasteiger partial charge in [0.05, 0.1) is 6.04 Å². The van der Waals surface area contributed by atoms with E-state index >= 15 is 0 Å². The van der Waals surface area contributed by atoms with E-state index in [4.69, 9.17) is 0 Å². The number of carbonyl (C=O) groups excluding carboxylic acids is 1. The molecule has 5 heteroatoms. The lowest BCUT2D eigenvalue weighted by Crippen LogP contribution is -2.26.